The minimum atomic E-state index is 0.711. The second-order valence-electron chi connectivity index (χ2n) is 6.69. The number of piperidine rings is 1. The van der Waals surface area contributed by atoms with Crippen LogP contribution in [0.4, 0.5) is 0 Å². The first-order valence-electron chi connectivity index (χ1n) is 8.19. The number of hydrogen-bond acceptors (Lipinski definition) is 4. The maximum Gasteiger partial charge on any atom is 0.0223 e. The molecule has 0 spiro atoms. The van der Waals surface area contributed by atoms with Crippen LogP contribution in [0.1, 0.15) is 25.7 Å². The van der Waals surface area contributed by atoms with Gasteiger partial charge in [-0.3, -0.25) is 4.90 Å². The highest BCUT2D eigenvalue weighted by Gasteiger charge is 2.29. The van der Waals surface area contributed by atoms with Crippen LogP contribution in [0.3, 0.4) is 0 Å². The molecule has 0 amide bonds. The monoisotopic (exact) mass is 266 g/mol. The largest absolute Gasteiger partial charge is 0.311 e. The van der Waals surface area contributed by atoms with Crippen molar-refractivity contribution < 1.29 is 0 Å². The molecule has 4 heteroatoms. The Balaban J connectivity index is 1.40. The Kier molecular flexibility index (Phi) is 4.74. The van der Waals surface area contributed by atoms with Crippen molar-refractivity contribution in [1.82, 2.24) is 20.0 Å². The van der Waals surface area contributed by atoms with E-state index in [-0.39, 0.29) is 0 Å². The van der Waals surface area contributed by atoms with Crippen molar-refractivity contribution in [3.8, 4) is 0 Å². The summed E-state index contributed by atoms with van der Waals surface area (Å²) < 4.78 is 0. The predicted octanol–water partition coefficient (Wildman–Crippen LogP) is 0.450. The summed E-state index contributed by atoms with van der Waals surface area (Å²) in [4.78, 5) is 7.90. The molecule has 1 N–H and O–H groups in total. The van der Waals surface area contributed by atoms with Crippen LogP contribution in [0.25, 0.3) is 0 Å². The molecule has 0 aromatic rings. The Hall–Kier alpha value is -0.160. The molecule has 0 aromatic carbocycles. The minimum Gasteiger partial charge on any atom is -0.311 e. The molecule has 0 bridgehead atoms. The number of rotatable bonds is 3. The zero-order valence-corrected chi connectivity index (χ0v) is 12.5. The quantitative estimate of drug-likeness (QED) is 0.800. The number of fused-ring (bicyclic) bond motifs is 1. The van der Waals surface area contributed by atoms with Crippen molar-refractivity contribution in [3.63, 3.8) is 0 Å². The molecule has 0 aromatic heterocycles. The molecule has 2 unspecified atom stereocenters. The highest BCUT2D eigenvalue weighted by atomic mass is 15.3. The number of nitrogens with one attached hydrogen (secondary N) is 1. The Morgan fingerprint density at radius 2 is 2.00 bits per heavy atom. The van der Waals surface area contributed by atoms with E-state index in [1.54, 1.807) is 0 Å². The molecule has 4 nitrogen and oxygen atoms in total. The van der Waals surface area contributed by atoms with Crippen molar-refractivity contribution in [1.29, 1.82) is 0 Å². The van der Waals surface area contributed by atoms with E-state index in [9.17, 15) is 0 Å². The summed E-state index contributed by atoms with van der Waals surface area (Å²) in [5, 5.41) is 3.67. The van der Waals surface area contributed by atoms with Crippen LogP contribution in [-0.2, 0) is 0 Å². The van der Waals surface area contributed by atoms with Gasteiger partial charge in [0, 0.05) is 51.4 Å². The number of piperazine rings is 2. The van der Waals surface area contributed by atoms with Crippen LogP contribution in [0.2, 0.25) is 0 Å². The lowest BCUT2D eigenvalue weighted by molar-refractivity contribution is 0.0464. The molecule has 3 aliphatic heterocycles. The fraction of sp³-hybridized carbons (Fsp3) is 1.00. The van der Waals surface area contributed by atoms with E-state index in [0.29, 0.717) is 6.04 Å². The van der Waals surface area contributed by atoms with Crippen LogP contribution in [0.15, 0.2) is 0 Å². The summed E-state index contributed by atoms with van der Waals surface area (Å²) in [6, 6.07) is 1.58. The van der Waals surface area contributed by atoms with Gasteiger partial charge in [0.2, 0.25) is 0 Å². The lowest BCUT2D eigenvalue weighted by atomic mass is 9.99. The third-order valence-corrected chi connectivity index (χ3v) is 5.17. The SMILES string of the molecule is CN1CCNC(CCN2CCN3CCCCC3C2)C1. The molecular weight excluding hydrogens is 236 g/mol. The summed E-state index contributed by atoms with van der Waals surface area (Å²) in [5.74, 6) is 0. The molecule has 3 heterocycles. The normalized spacial score (nSPS) is 35.2. The van der Waals surface area contributed by atoms with E-state index in [4.69, 9.17) is 0 Å². The number of hydrogen-bond donors (Lipinski definition) is 1. The fourth-order valence-electron chi connectivity index (χ4n) is 3.95. The van der Waals surface area contributed by atoms with E-state index in [0.717, 1.165) is 12.6 Å². The van der Waals surface area contributed by atoms with E-state index >= 15 is 0 Å². The van der Waals surface area contributed by atoms with Gasteiger partial charge in [0.25, 0.3) is 0 Å². The number of nitrogens with zero attached hydrogens (tertiary/aromatic N) is 3. The molecule has 110 valence electrons. The zero-order chi connectivity index (χ0) is 13.1. The fourth-order valence-corrected chi connectivity index (χ4v) is 3.95. The van der Waals surface area contributed by atoms with E-state index in [1.165, 1.54) is 71.5 Å². The third-order valence-electron chi connectivity index (χ3n) is 5.17. The van der Waals surface area contributed by atoms with Crippen LogP contribution in [0, 0.1) is 0 Å². The van der Waals surface area contributed by atoms with Gasteiger partial charge in [-0.1, -0.05) is 6.42 Å². The maximum absolute atomic E-state index is 3.67. The summed E-state index contributed by atoms with van der Waals surface area (Å²) in [6.45, 7) is 10.2. The van der Waals surface area contributed by atoms with Crippen LogP contribution in [0.5, 0.6) is 0 Å². The molecule has 0 saturated carbocycles. The van der Waals surface area contributed by atoms with E-state index in [2.05, 4.69) is 27.1 Å². The molecule has 0 aliphatic carbocycles. The highest BCUT2D eigenvalue weighted by Crippen LogP contribution is 2.21. The maximum atomic E-state index is 3.67. The van der Waals surface area contributed by atoms with Crippen LogP contribution >= 0.6 is 0 Å². The van der Waals surface area contributed by atoms with Gasteiger partial charge in [0.1, 0.15) is 0 Å². The van der Waals surface area contributed by atoms with Gasteiger partial charge >= 0.3 is 0 Å². The Bertz CT molecular complexity index is 283. The van der Waals surface area contributed by atoms with Gasteiger partial charge < -0.3 is 15.1 Å². The number of likely N-dealkylation sites (N-methyl/N-ethyl adjacent to an activating group) is 1. The Morgan fingerprint density at radius 1 is 1.05 bits per heavy atom. The summed E-state index contributed by atoms with van der Waals surface area (Å²) in [5.41, 5.74) is 0. The molecule has 3 fully saturated rings. The molecule has 0 radical (unpaired) electrons. The van der Waals surface area contributed by atoms with Crippen molar-refractivity contribution >= 4 is 0 Å². The molecule has 2 atom stereocenters. The molecule has 3 saturated heterocycles. The second-order valence-corrected chi connectivity index (χ2v) is 6.69. The van der Waals surface area contributed by atoms with E-state index in [1.807, 2.05) is 0 Å². The summed E-state index contributed by atoms with van der Waals surface area (Å²) in [7, 11) is 2.24. The van der Waals surface area contributed by atoms with Gasteiger partial charge in [-0.15, -0.1) is 0 Å². The van der Waals surface area contributed by atoms with Crippen molar-refractivity contribution in [3.05, 3.63) is 0 Å². The second kappa shape index (κ2) is 6.53. The Morgan fingerprint density at radius 3 is 2.89 bits per heavy atom. The van der Waals surface area contributed by atoms with Crippen molar-refractivity contribution in [2.45, 2.75) is 37.8 Å². The van der Waals surface area contributed by atoms with Crippen molar-refractivity contribution in [2.24, 2.45) is 0 Å². The average molecular weight is 266 g/mol. The van der Waals surface area contributed by atoms with Crippen LogP contribution < -0.4 is 5.32 Å². The van der Waals surface area contributed by atoms with Gasteiger partial charge in [-0.05, 0) is 39.4 Å². The molecule has 3 aliphatic rings. The first-order chi connectivity index (χ1) is 9.31. The van der Waals surface area contributed by atoms with Crippen LogP contribution in [-0.4, -0.2) is 86.2 Å². The smallest absolute Gasteiger partial charge is 0.0223 e. The summed E-state index contributed by atoms with van der Waals surface area (Å²) in [6.07, 6.45) is 5.62. The lowest BCUT2D eigenvalue weighted by Gasteiger charge is -2.44. The Labute approximate surface area is 118 Å². The summed E-state index contributed by atoms with van der Waals surface area (Å²) >= 11 is 0. The standard InChI is InChI=1S/C15H30N4/c1-17-9-6-16-14(12-17)5-8-18-10-11-19-7-3-2-4-15(19)13-18/h14-16H,2-13H2,1H3. The topological polar surface area (TPSA) is 21.8 Å². The van der Waals surface area contributed by atoms with Gasteiger partial charge in [0.15, 0.2) is 0 Å². The minimum absolute atomic E-state index is 0.711. The van der Waals surface area contributed by atoms with Gasteiger partial charge in [0.05, 0.1) is 0 Å². The van der Waals surface area contributed by atoms with Gasteiger partial charge in [-0.25, -0.2) is 0 Å². The molecule has 3 rings (SSSR count). The molecule has 19 heavy (non-hydrogen) atoms. The van der Waals surface area contributed by atoms with Crippen molar-refractivity contribution in [2.75, 3.05) is 59.4 Å². The zero-order valence-electron chi connectivity index (χ0n) is 12.5. The van der Waals surface area contributed by atoms with E-state index < -0.39 is 0 Å². The highest BCUT2D eigenvalue weighted by molar-refractivity contribution is 4.86. The first kappa shape index (κ1) is 13.8. The molecular formula is C15H30N4. The van der Waals surface area contributed by atoms with Gasteiger partial charge in [-0.2, -0.15) is 0 Å². The third kappa shape index (κ3) is 3.69. The lowest BCUT2D eigenvalue weighted by Crippen LogP contribution is -2.56. The first-order valence-corrected chi connectivity index (χ1v) is 8.19. The average Bonchev–Trinajstić information content (AvgIpc) is 2.45. The predicted molar refractivity (Wildman–Crippen MR) is 79.6 cm³/mol.